The predicted molar refractivity (Wildman–Crippen MR) is 111 cm³/mol. The Balaban J connectivity index is 1.49. The van der Waals surface area contributed by atoms with Gasteiger partial charge in [-0.2, -0.15) is 0 Å². The molecule has 1 amide bonds. The minimum atomic E-state index is -0.191. The highest BCUT2D eigenvalue weighted by atomic mass is 32.1. The number of ether oxygens (including phenoxy) is 2. The van der Waals surface area contributed by atoms with Gasteiger partial charge in [-0.25, -0.2) is 0 Å². The molecule has 0 fully saturated rings. The minimum absolute atomic E-state index is 0.0333. The molecule has 4 rings (SSSR count). The number of ketones is 1. The van der Waals surface area contributed by atoms with E-state index in [2.05, 4.69) is 23.5 Å². The molecule has 29 heavy (non-hydrogen) atoms. The summed E-state index contributed by atoms with van der Waals surface area (Å²) in [5, 5.41) is 6.88. The summed E-state index contributed by atoms with van der Waals surface area (Å²) < 4.78 is 10.7. The number of carbonyl (C=O) groups is 2. The molecule has 3 N–H and O–H groups in total. The lowest BCUT2D eigenvalue weighted by atomic mass is 10.1. The molecule has 1 atom stereocenters. The second-order valence-electron chi connectivity index (χ2n) is 6.70. The summed E-state index contributed by atoms with van der Waals surface area (Å²) in [5.74, 6) is 0.698. The standard InChI is InChI=1S/C22H20N2O4S/c1-14(25)16-10-18-19(28-13-27-18)11-17(16)24-21(26)12-23-22(20-8-5-9-29-20)15-6-3-2-4-7-15/h2-11,22-23H,12-13H2,1H3,(H,24,26)/p+1/t22-/m0/s1. The van der Waals surface area contributed by atoms with E-state index in [9.17, 15) is 9.59 Å². The van der Waals surface area contributed by atoms with E-state index in [1.54, 1.807) is 23.5 Å². The Kier molecular flexibility index (Phi) is 5.59. The highest BCUT2D eigenvalue weighted by Crippen LogP contribution is 2.37. The van der Waals surface area contributed by atoms with Crippen LogP contribution in [0.5, 0.6) is 11.5 Å². The largest absolute Gasteiger partial charge is 0.454 e. The average molecular weight is 409 g/mol. The number of nitrogens with two attached hydrogens (primary N) is 1. The van der Waals surface area contributed by atoms with Crippen molar-refractivity contribution in [2.24, 2.45) is 0 Å². The summed E-state index contributed by atoms with van der Waals surface area (Å²) in [6.45, 7) is 1.78. The smallest absolute Gasteiger partial charge is 0.279 e. The fourth-order valence-corrected chi connectivity index (χ4v) is 4.16. The van der Waals surface area contributed by atoms with E-state index >= 15 is 0 Å². The van der Waals surface area contributed by atoms with E-state index in [-0.39, 0.29) is 31.1 Å². The maximum atomic E-state index is 12.7. The molecular formula is C22H21N2O4S+. The average Bonchev–Trinajstić information content (AvgIpc) is 3.40. The molecule has 0 unspecified atom stereocenters. The topological polar surface area (TPSA) is 81.2 Å². The molecule has 1 aromatic heterocycles. The Hall–Kier alpha value is -3.16. The number of Topliss-reactive ketones (excluding diaryl/α,β-unsaturated/α-hetero) is 1. The monoisotopic (exact) mass is 409 g/mol. The van der Waals surface area contributed by atoms with Gasteiger partial charge in [0.2, 0.25) is 6.79 Å². The molecule has 0 bridgehead atoms. The molecule has 148 valence electrons. The third kappa shape index (κ3) is 4.31. The van der Waals surface area contributed by atoms with E-state index in [0.717, 1.165) is 5.56 Å². The van der Waals surface area contributed by atoms with Crippen LogP contribution in [0.2, 0.25) is 0 Å². The number of nitrogens with one attached hydrogen (secondary N) is 1. The summed E-state index contributed by atoms with van der Waals surface area (Å²) >= 11 is 1.66. The Morgan fingerprint density at radius 3 is 2.55 bits per heavy atom. The van der Waals surface area contributed by atoms with Crippen LogP contribution in [0, 0.1) is 0 Å². The fraction of sp³-hybridized carbons (Fsp3) is 0.182. The first-order chi connectivity index (χ1) is 14.1. The van der Waals surface area contributed by atoms with Crippen molar-refractivity contribution in [2.75, 3.05) is 18.7 Å². The lowest BCUT2D eigenvalue weighted by molar-refractivity contribution is -0.675. The molecule has 1 aliphatic heterocycles. The number of hydrogen-bond donors (Lipinski definition) is 2. The van der Waals surface area contributed by atoms with Crippen LogP contribution in [0.25, 0.3) is 0 Å². The van der Waals surface area contributed by atoms with Gasteiger partial charge in [-0.15, -0.1) is 11.3 Å². The highest BCUT2D eigenvalue weighted by molar-refractivity contribution is 7.10. The zero-order valence-corrected chi connectivity index (χ0v) is 16.7. The number of carbonyl (C=O) groups excluding carboxylic acids is 2. The summed E-state index contributed by atoms with van der Waals surface area (Å²) in [6, 6.07) is 17.5. The molecule has 2 aromatic carbocycles. The van der Waals surface area contributed by atoms with Gasteiger partial charge < -0.3 is 20.1 Å². The third-order valence-corrected chi connectivity index (χ3v) is 5.67. The molecule has 0 saturated heterocycles. The zero-order valence-electron chi connectivity index (χ0n) is 15.9. The number of fused-ring (bicyclic) bond motifs is 1. The molecule has 7 heteroatoms. The molecule has 1 aliphatic rings. The first kappa shape index (κ1) is 19.2. The van der Waals surface area contributed by atoms with Crippen molar-refractivity contribution in [3.63, 3.8) is 0 Å². The predicted octanol–water partition coefficient (Wildman–Crippen LogP) is 2.97. The van der Waals surface area contributed by atoms with Gasteiger partial charge in [0.25, 0.3) is 5.91 Å². The van der Waals surface area contributed by atoms with E-state index in [4.69, 9.17) is 9.47 Å². The number of hydrogen-bond acceptors (Lipinski definition) is 5. The number of amides is 1. The van der Waals surface area contributed by atoms with Crippen LogP contribution >= 0.6 is 11.3 Å². The molecule has 0 aliphatic carbocycles. The molecule has 6 nitrogen and oxygen atoms in total. The van der Waals surface area contributed by atoms with Gasteiger partial charge in [0, 0.05) is 17.2 Å². The molecule has 2 heterocycles. The molecule has 0 saturated carbocycles. The first-order valence-electron chi connectivity index (χ1n) is 9.28. The SMILES string of the molecule is CC(=O)c1cc2c(cc1NC(=O)C[NH2+][C@@H](c1ccccc1)c1cccs1)OCO2. The Labute approximate surface area is 172 Å². The summed E-state index contributed by atoms with van der Waals surface area (Å²) in [6.07, 6.45) is 0. The summed E-state index contributed by atoms with van der Waals surface area (Å²) in [7, 11) is 0. The molecule has 0 spiro atoms. The van der Waals surface area contributed by atoms with E-state index in [1.807, 2.05) is 35.0 Å². The van der Waals surface area contributed by atoms with Crippen molar-refractivity contribution >= 4 is 28.7 Å². The number of thiophene rings is 1. The van der Waals surface area contributed by atoms with Gasteiger partial charge in [-0.1, -0.05) is 36.4 Å². The highest BCUT2D eigenvalue weighted by Gasteiger charge is 2.23. The van der Waals surface area contributed by atoms with Gasteiger partial charge in [-0.05, 0) is 24.4 Å². The summed E-state index contributed by atoms with van der Waals surface area (Å²) in [4.78, 5) is 25.8. The number of quaternary nitrogens is 1. The Morgan fingerprint density at radius 2 is 1.86 bits per heavy atom. The third-order valence-electron chi connectivity index (χ3n) is 4.71. The van der Waals surface area contributed by atoms with Crippen LogP contribution < -0.4 is 20.1 Å². The van der Waals surface area contributed by atoms with E-state index < -0.39 is 0 Å². The van der Waals surface area contributed by atoms with Gasteiger partial charge in [-0.3, -0.25) is 9.59 Å². The number of anilines is 1. The normalized spacial score (nSPS) is 13.1. The summed E-state index contributed by atoms with van der Waals surface area (Å²) in [5.41, 5.74) is 1.98. The fourth-order valence-electron chi connectivity index (χ4n) is 3.31. The Bertz CT molecular complexity index is 1020. The van der Waals surface area contributed by atoms with Crippen molar-refractivity contribution in [1.82, 2.24) is 0 Å². The van der Waals surface area contributed by atoms with Gasteiger partial charge in [0.15, 0.2) is 23.8 Å². The van der Waals surface area contributed by atoms with Crippen molar-refractivity contribution in [3.8, 4) is 11.5 Å². The Morgan fingerprint density at radius 1 is 1.10 bits per heavy atom. The number of rotatable bonds is 7. The van der Waals surface area contributed by atoms with Gasteiger partial charge >= 0.3 is 0 Å². The van der Waals surface area contributed by atoms with Crippen LogP contribution in [0.1, 0.15) is 33.8 Å². The van der Waals surface area contributed by atoms with Gasteiger partial charge in [0.1, 0.15) is 6.04 Å². The number of benzene rings is 2. The maximum absolute atomic E-state index is 12.7. The van der Waals surface area contributed by atoms with Crippen molar-refractivity contribution in [1.29, 1.82) is 0 Å². The van der Waals surface area contributed by atoms with Crippen LogP contribution in [0.15, 0.2) is 60.0 Å². The van der Waals surface area contributed by atoms with Crippen molar-refractivity contribution in [2.45, 2.75) is 13.0 Å². The second-order valence-corrected chi connectivity index (χ2v) is 7.68. The van der Waals surface area contributed by atoms with Crippen LogP contribution in [0.4, 0.5) is 5.69 Å². The van der Waals surface area contributed by atoms with Crippen molar-refractivity contribution in [3.05, 3.63) is 76.0 Å². The molecule has 3 aromatic rings. The first-order valence-corrected chi connectivity index (χ1v) is 10.2. The molecular weight excluding hydrogens is 388 g/mol. The van der Waals surface area contributed by atoms with E-state index in [1.165, 1.54) is 11.8 Å². The van der Waals surface area contributed by atoms with Crippen LogP contribution in [-0.4, -0.2) is 25.0 Å². The lowest BCUT2D eigenvalue weighted by Gasteiger charge is -2.15. The lowest BCUT2D eigenvalue weighted by Crippen LogP contribution is -2.87. The minimum Gasteiger partial charge on any atom is -0.454 e. The van der Waals surface area contributed by atoms with E-state index in [0.29, 0.717) is 22.7 Å². The van der Waals surface area contributed by atoms with Gasteiger partial charge in [0.05, 0.1) is 10.6 Å². The quantitative estimate of drug-likeness (QED) is 0.588. The second kappa shape index (κ2) is 8.46. The molecule has 0 radical (unpaired) electrons. The zero-order chi connectivity index (χ0) is 20.2. The van der Waals surface area contributed by atoms with Crippen LogP contribution in [-0.2, 0) is 4.79 Å². The maximum Gasteiger partial charge on any atom is 0.279 e. The van der Waals surface area contributed by atoms with Crippen LogP contribution in [0.3, 0.4) is 0 Å². The van der Waals surface area contributed by atoms with Crippen molar-refractivity contribution < 1.29 is 24.4 Å².